The molecule has 0 fully saturated rings. The molecule has 0 saturated heterocycles. The van der Waals surface area contributed by atoms with Crippen molar-refractivity contribution in [2.75, 3.05) is 5.73 Å². The number of nitrogen functional groups attached to an aromatic ring is 1. The van der Waals surface area contributed by atoms with E-state index in [2.05, 4.69) is 10.2 Å². The zero-order valence-corrected chi connectivity index (χ0v) is 9.27. The van der Waals surface area contributed by atoms with Crippen LogP contribution in [0.3, 0.4) is 0 Å². The van der Waals surface area contributed by atoms with E-state index in [1.807, 2.05) is 0 Å². The van der Waals surface area contributed by atoms with Crippen LogP contribution in [-0.2, 0) is 0 Å². The van der Waals surface area contributed by atoms with Crippen LogP contribution < -0.4 is 5.73 Å². The van der Waals surface area contributed by atoms with Gasteiger partial charge < -0.3 is 5.73 Å². The number of aromatic amines is 1. The molecule has 0 aliphatic carbocycles. The van der Waals surface area contributed by atoms with Gasteiger partial charge >= 0.3 is 5.51 Å². The summed E-state index contributed by atoms with van der Waals surface area (Å²) in [5.41, 5.74) is 2.58. The smallest absolute Gasteiger partial charge is 0.382 e. The molecule has 0 saturated carbocycles. The summed E-state index contributed by atoms with van der Waals surface area (Å²) in [5, 5.41) is 6.43. The Morgan fingerprint density at radius 2 is 1.82 bits per heavy atom. The highest BCUT2D eigenvalue weighted by molar-refractivity contribution is 8.00. The summed E-state index contributed by atoms with van der Waals surface area (Å²) in [6, 6.07) is 7.60. The number of thioether (sulfide) groups is 1. The average molecular weight is 259 g/mol. The largest absolute Gasteiger partial charge is 0.446 e. The number of nitrogens with two attached hydrogens (primary N) is 1. The molecule has 0 amide bonds. The highest BCUT2D eigenvalue weighted by Gasteiger charge is 2.28. The zero-order chi connectivity index (χ0) is 12.5. The SMILES string of the molecule is Nc1cc(-c2ccc(SC(F)(F)F)cc2)[nH]n1. The van der Waals surface area contributed by atoms with Gasteiger partial charge in [-0.15, -0.1) is 0 Å². The summed E-state index contributed by atoms with van der Waals surface area (Å²) in [7, 11) is 0. The molecule has 1 heterocycles. The van der Waals surface area contributed by atoms with Gasteiger partial charge in [-0.25, -0.2) is 0 Å². The van der Waals surface area contributed by atoms with Crippen LogP contribution >= 0.6 is 11.8 Å². The summed E-state index contributed by atoms with van der Waals surface area (Å²) in [4.78, 5) is 0.147. The van der Waals surface area contributed by atoms with Gasteiger partial charge in [-0.3, -0.25) is 5.10 Å². The third kappa shape index (κ3) is 3.16. The molecule has 7 heteroatoms. The molecule has 0 unspecified atom stereocenters. The first-order valence-electron chi connectivity index (χ1n) is 4.61. The lowest BCUT2D eigenvalue weighted by Gasteiger charge is -2.05. The lowest BCUT2D eigenvalue weighted by molar-refractivity contribution is -0.0328. The van der Waals surface area contributed by atoms with Crippen molar-refractivity contribution in [3.05, 3.63) is 30.3 Å². The Morgan fingerprint density at radius 3 is 2.29 bits per heavy atom. The number of hydrogen-bond donors (Lipinski definition) is 2. The minimum Gasteiger partial charge on any atom is -0.382 e. The van der Waals surface area contributed by atoms with Gasteiger partial charge in [-0.2, -0.15) is 18.3 Å². The van der Waals surface area contributed by atoms with Gasteiger partial charge in [0.25, 0.3) is 0 Å². The molecule has 0 aliphatic rings. The van der Waals surface area contributed by atoms with Gasteiger partial charge in [0.05, 0.1) is 5.69 Å². The molecule has 0 bridgehead atoms. The Labute approximate surface area is 99.2 Å². The van der Waals surface area contributed by atoms with Gasteiger partial charge in [-0.1, -0.05) is 12.1 Å². The van der Waals surface area contributed by atoms with Crippen molar-refractivity contribution in [3.8, 4) is 11.3 Å². The third-order valence-electron chi connectivity index (χ3n) is 2.00. The van der Waals surface area contributed by atoms with E-state index in [-0.39, 0.29) is 16.7 Å². The molecule has 1 aromatic carbocycles. The van der Waals surface area contributed by atoms with E-state index in [1.54, 1.807) is 18.2 Å². The van der Waals surface area contributed by atoms with Crippen LogP contribution in [0.25, 0.3) is 11.3 Å². The number of nitrogens with one attached hydrogen (secondary N) is 1. The molecule has 17 heavy (non-hydrogen) atoms. The zero-order valence-electron chi connectivity index (χ0n) is 8.45. The Bertz CT molecular complexity index is 504. The molecular formula is C10H8F3N3S. The highest BCUT2D eigenvalue weighted by Crippen LogP contribution is 2.37. The number of benzene rings is 1. The minimum atomic E-state index is -4.26. The quantitative estimate of drug-likeness (QED) is 0.814. The molecule has 2 aromatic rings. The fraction of sp³-hybridized carbons (Fsp3) is 0.100. The van der Waals surface area contributed by atoms with Crippen LogP contribution in [0.2, 0.25) is 0 Å². The second-order valence-electron chi connectivity index (χ2n) is 3.28. The summed E-state index contributed by atoms with van der Waals surface area (Å²) >= 11 is -0.141. The topological polar surface area (TPSA) is 54.7 Å². The molecule has 0 spiro atoms. The predicted octanol–water partition coefficient (Wildman–Crippen LogP) is 3.27. The first-order chi connectivity index (χ1) is 7.94. The molecule has 1 aromatic heterocycles. The van der Waals surface area contributed by atoms with E-state index in [0.29, 0.717) is 11.5 Å². The van der Waals surface area contributed by atoms with Crippen molar-refractivity contribution in [2.45, 2.75) is 10.4 Å². The van der Waals surface area contributed by atoms with Crippen LogP contribution in [0.15, 0.2) is 35.2 Å². The van der Waals surface area contributed by atoms with Gasteiger partial charge in [-0.05, 0) is 29.5 Å². The molecule has 90 valence electrons. The Balaban J connectivity index is 2.19. The molecular weight excluding hydrogens is 251 g/mol. The van der Waals surface area contributed by atoms with Crippen molar-refractivity contribution in [2.24, 2.45) is 0 Å². The number of anilines is 1. The van der Waals surface area contributed by atoms with Gasteiger partial charge in [0.1, 0.15) is 5.82 Å². The minimum absolute atomic E-state index is 0.141. The maximum absolute atomic E-state index is 12.1. The van der Waals surface area contributed by atoms with Gasteiger partial charge in [0.2, 0.25) is 0 Å². The lowest BCUT2D eigenvalue weighted by atomic mass is 10.1. The maximum atomic E-state index is 12.1. The third-order valence-corrected chi connectivity index (χ3v) is 2.74. The molecule has 0 atom stereocenters. The predicted molar refractivity (Wildman–Crippen MR) is 60.3 cm³/mol. The van der Waals surface area contributed by atoms with Crippen LogP contribution in [0.5, 0.6) is 0 Å². The maximum Gasteiger partial charge on any atom is 0.446 e. The fourth-order valence-corrected chi connectivity index (χ4v) is 1.86. The van der Waals surface area contributed by atoms with E-state index in [9.17, 15) is 13.2 Å². The Morgan fingerprint density at radius 1 is 1.18 bits per heavy atom. The number of aromatic nitrogens is 2. The fourth-order valence-electron chi connectivity index (χ4n) is 1.32. The summed E-state index contributed by atoms with van der Waals surface area (Å²) in [6.45, 7) is 0. The molecule has 3 nitrogen and oxygen atoms in total. The van der Waals surface area contributed by atoms with E-state index in [0.717, 1.165) is 5.56 Å². The highest BCUT2D eigenvalue weighted by atomic mass is 32.2. The monoisotopic (exact) mass is 259 g/mol. The second kappa shape index (κ2) is 4.33. The number of hydrogen-bond acceptors (Lipinski definition) is 3. The van der Waals surface area contributed by atoms with E-state index >= 15 is 0 Å². The summed E-state index contributed by atoms with van der Waals surface area (Å²) < 4.78 is 36.3. The van der Waals surface area contributed by atoms with Crippen LogP contribution in [0.4, 0.5) is 19.0 Å². The van der Waals surface area contributed by atoms with E-state index in [1.165, 1.54) is 12.1 Å². The summed E-state index contributed by atoms with van der Waals surface area (Å²) in [5.74, 6) is 0.341. The summed E-state index contributed by atoms with van der Waals surface area (Å²) in [6.07, 6.45) is 0. The number of alkyl halides is 3. The standard InChI is InChI=1S/C10H8F3N3S/c11-10(12,13)17-7-3-1-6(2-4-7)8-5-9(14)16-15-8/h1-5H,(H3,14,15,16). The van der Waals surface area contributed by atoms with E-state index in [4.69, 9.17) is 5.73 Å². The molecule has 2 rings (SSSR count). The number of halogens is 3. The van der Waals surface area contributed by atoms with Crippen molar-refractivity contribution in [1.29, 1.82) is 0 Å². The number of nitrogens with zero attached hydrogens (tertiary/aromatic N) is 1. The van der Waals surface area contributed by atoms with Crippen molar-refractivity contribution in [3.63, 3.8) is 0 Å². The Hall–Kier alpha value is -1.63. The second-order valence-corrected chi connectivity index (χ2v) is 4.42. The van der Waals surface area contributed by atoms with Gasteiger partial charge in [0.15, 0.2) is 0 Å². The number of rotatable bonds is 2. The number of H-pyrrole nitrogens is 1. The average Bonchev–Trinajstić information content (AvgIpc) is 2.63. The first kappa shape index (κ1) is 11.8. The van der Waals surface area contributed by atoms with Crippen LogP contribution in [-0.4, -0.2) is 15.7 Å². The van der Waals surface area contributed by atoms with Gasteiger partial charge in [0, 0.05) is 11.0 Å². The van der Waals surface area contributed by atoms with Crippen LogP contribution in [0, 0.1) is 0 Å². The van der Waals surface area contributed by atoms with E-state index < -0.39 is 5.51 Å². The Kier molecular flexibility index (Phi) is 3.01. The van der Waals surface area contributed by atoms with Crippen molar-refractivity contribution < 1.29 is 13.2 Å². The normalized spacial score (nSPS) is 11.7. The molecule has 0 radical (unpaired) electrons. The molecule has 3 N–H and O–H groups in total. The lowest BCUT2D eigenvalue weighted by Crippen LogP contribution is -1.98. The molecule has 0 aliphatic heterocycles. The first-order valence-corrected chi connectivity index (χ1v) is 5.43. The van der Waals surface area contributed by atoms with Crippen molar-refractivity contribution >= 4 is 17.6 Å². The van der Waals surface area contributed by atoms with Crippen molar-refractivity contribution in [1.82, 2.24) is 10.2 Å². The van der Waals surface area contributed by atoms with Crippen LogP contribution in [0.1, 0.15) is 0 Å².